The van der Waals surface area contributed by atoms with Crippen LogP contribution in [0.2, 0.25) is 0 Å². The lowest BCUT2D eigenvalue weighted by Crippen LogP contribution is -2.18. The number of alkyl halides is 3. The van der Waals surface area contributed by atoms with Crippen molar-refractivity contribution in [3.63, 3.8) is 0 Å². The van der Waals surface area contributed by atoms with E-state index >= 15 is 0 Å². The molecule has 0 aliphatic carbocycles. The van der Waals surface area contributed by atoms with Gasteiger partial charge in [0.25, 0.3) is 0 Å². The summed E-state index contributed by atoms with van der Waals surface area (Å²) < 4.78 is 41.7. The number of nitrogens with zero attached hydrogens (tertiary/aromatic N) is 1. The van der Waals surface area contributed by atoms with Gasteiger partial charge >= 0.3 is 6.36 Å². The molecule has 21 heavy (non-hydrogen) atoms. The average molecular weight is 362 g/mol. The monoisotopic (exact) mass is 361 g/mol. The molecular weight excluding hydrogens is 351 g/mol. The second-order valence-electron chi connectivity index (χ2n) is 4.24. The van der Waals surface area contributed by atoms with E-state index in [2.05, 4.69) is 31.0 Å². The number of hydrogen-bond acceptors (Lipinski definition) is 4. The van der Waals surface area contributed by atoms with Crippen LogP contribution >= 0.6 is 15.9 Å². The summed E-state index contributed by atoms with van der Waals surface area (Å²) in [4.78, 5) is 4.01. The fourth-order valence-electron chi connectivity index (χ4n) is 1.58. The third-order valence-corrected chi connectivity index (χ3v) is 3.08. The number of nitrogens with one attached hydrogen (secondary N) is 1. The lowest BCUT2D eigenvalue weighted by molar-refractivity contribution is -0.274. The number of nitrogens with two attached hydrogens (primary N) is 1. The molecule has 0 aliphatic heterocycles. The first-order valence-corrected chi connectivity index (χ1v) is 6.58. The summed E-state index contributed by atoms with van der Waals surface area (Å²) in [5.74, 6) is 0.0178. The lowest BCUT2D eigenvalue weighted by Gasteiger charge is -2.15. The first kappa shape index (κ1) is 15.4. The van der Waals surface area contributed by atoms with Gasteiger partial charge in [0.2, 0.25) is 0 Å². The molecule has 0 saturated carbocycles. The lowest BCUT2D eigenvalue weighted by atomic mass is 10.2. The second-order valence-corrected chi connectivity index (χ2v) is 5.16. The Labute approximate surface area is 127 Å². The molecular formula is C13H11BrF3N3O. The Bertz CT molecular complexity index is 662. The van der Waals surface area contributed by atoms with Crippen molar-refractivity contribution < 1.29 is 17.9 Å². The smallest absolute Gasteiger partial charge is 0.404 e. The minimum absolute atomic E-state index is 0.146. The highest BCUT2D eigenvalue weighted by Gasteiger charge is 2.32. The molecule has 0 spiro atoms. The molecule has 2 aromatic rings. The summed E-state index contributed by atoms with van der Waals surface area (Å²) in [6.07, 6.45) is -3.34. The van der Waals surface area contributed by atoms with Crippen molar-refractivity contribution in [3.05, 3.63) is 40.5 Å². The average Bonchev–Trinajstić information content (AvgIpc) is 2.35. The van der Waals surface area contributed by atoms with Gasteiger partial charge in [-0.05, 0) is 36.8 Å². The van der Waals surface area contributed by atoms with Crippen LogP contribution in [-0.2, 0) is 0 Å². The van der Waals surface area contributed by atoms with Crippen LogP contribution in [0.25, 0.3) is 0 Å². The highest BCUT2D eigenvalue weighted by Crippen LogP contribution is 2.34. The van der Waals surface area contributed by atoms with E-state index in [0.717, 1.165) is 5.56 Å². The SMILES string of the molecule is Cc1cc(Nc2ccc(Br)cc2OC(F)(F)F)ncc1N. The van der Waals surface area contributed by atoms with Crippen molar-refractivity contribution >= 4 is 33.1 Å². The third kappa shape index (κ3) is 4.25. The molecule has 0 bridgehead atoms. The number of halogens is 4. The summed E-state index contributed by atoms with van der Waals surface area (Å²) >= 11 is 3.10. The molecule has 0 unspecified atom stereocenters. The molecule has 0 aliphatic rings. The number of rotatable bonds is 3. The fourth-order valence-corrected chi connectivity index (χ4v) is 1.92. The molecule has 1 aromatic carbocycles. The highest BCUT2D eigenvalue weighted by atomic mass is 79.9. The van der Waals surface area contributed by atoms with Crippen LogP contribution in [0.15, 0.2) is 34.9 Å². The topological polar surface area (TPSA) is 60.2 Å². The van der Waals surface area contributed by atoms with Gasteiger partial charge < -0.3 is 15.8 Å². The Balaban J connectivity index is 2.32. The normalized spacial score (nSPS) is 11.3. The van der Waals surface area contributed by atoms with Gasteiger partial charge in [-0.25, -0.2) is 4.98 Å². The van der Waals surface area contributed by atoms with E-state index in [4.69, 9.17) is 5.73 Å². The van der Waals surface area contributed by atoms with Gasteiger partial charge in [-0.15, -0.1) is 13.2 Å². The third-order valence-electron chi connectivity index (χ3n) is 2.58. The van der Waals surface area contributed by atoms with Gasteiger partial charge in [0.15, 0.2) is 5.75 Å². The summed E-state index contributed by atoms with van der Waals surface area (Å²) in [6, 6.07) is 5.91. The van der Waals surface area contributed by atoms with Gasteiger partial charge in [0.1, 0.15) is 5.82 Å². The molecule has 1 heterocycles. The van der Waals surface area contributed by atoms with E-state index in [9.17, 15) is 13.2 Å². The second kappa shape index (κ2) is 5.80. The first-order valence-electron chi connectivity index (χ1n) is 5.79. The van der Waals surface area contributed by atoms with Crippen LogP contribution in [-0.4, -0.2) is 11.3 Å². The molecule has 0 radical (unpaired) electrons. The van der Waals surface area contributed by atoms with Crippen LogP contribution in [0.5, 0.6) is 5.75 Å². The molecule has 112 valence electrons. The number of nitrogen functional groups attached to an aromatic ring is 1. The Kier molecular flexibility index (Phi) is 4.26. The zero-order valence-electron chi connectivity index (χ0n) is 10.8. The molecule has 4 nitrogen and oxygen atoms in total. The van der Waals surface area contributed by atoms with Gasteiger partial charge in [-0.1, -0.05) is 15.9 Å². The highest BCUT2D eigenvalue weighted by molar-refractivity contribution is 9.10. The Hall–Kier alpha value is -1.96. The standard InChI is InChI=1S/C13H11BrF3N3O/c1-7-4-12(19-6-9(7)18)20-10-3-2-8(14)5-11(10)21-13(15,16)17/h2-6H,18H2,1H3,(H,19,20). The summed E-state index contributed by atoms with van der Waals surface area (Å²) in [5, 5.41) is 2.78. The number of benzene rings is 1. The van der Waals surface area contributed by atoms with Gasteiger partial charge in [-0.2, -0.15) is 0 Å². The van der Waals surface area contributed by atoms with E-state index in [1.807, 2.05) is 0 Å². The van der Waals surface area contributed by atoms with Gasteiger partial charge in [0.05, 0.1) is 17.6 Å². The van der Waals surface area contributed by atoms with Crippen molar-refractivity contribution in [3.8, 4) is 5.75 Å². The Morgan fingerprint density at radius 1 is 1.29 bits per heavy atom. The van der Waals surface area contributed by atoms with Gasteiger partial charge in [-0.3, -0.25) is 0 Å². The van der Waals surface area contributed by atoms with Crippen LogP contribution in [0, 0.1) is 6.92 Å². The molecule has 0 atom stereocenters. The number of pyridine rings is 1. The van der Waals surface area contributed by atoms with Crippen molar-refractivity contribution in [2.45, 2.75) is 13.3 Å². The fraction of sp³-hybridized carbons (Fsp3) is 0.154. The largest absolute Gasteiger partial charge is 0.573 e. The molecule has 0 amide bonds. The number of hydrogen-bond donors (Lipinski definition) is 2. The van der Waals surface area contributed by atoms with Crippen LogP contribution in [0.1, 0.15) is 5.56 Å². The first-order chi connectivity index (χ1) is 9.74. The minimum atomic E-state index is -4.78. The van der Waals surface area contributed by atoms with Gasteiger partial charge in [0, 0.05) is 4.47 Å². The Morgan fingerprint density at radius 3 is 2.62 bits per heavy atom. The van der Waals surface area contributed by atoms with Crippen molar-refractivity contribution in [1.29, 1.82) is 0 Å². The molecule has 2 rings (SSSR count). The maximum Gasteiger partial charge on any atom is 0.573 e. The molecule has 1 aromatic heterocycles. The molecule has 3 N–H and O–H groups in total. The number of aryl methyl sites for hydroxylation is 1. The predicted molar refractivity (Wildman–Crippen MR) is 77.5 cm³/mol. The zero-order valence-corrected chi connectivity index (χ0v) is 12.4. The summed E-state index contributed by atoms with van der Waals surface area (Å²) in [7, 11) is 0. The van der Waals surface area contributed by atoms with Crippen LogP contribution < -0.4 is 15.8 Å². The molecule has 8 heteroatoms. The van der Waals surface area contributed by atoms with E-state index in [1.54, 1.807) is 19.1 Å². The maximum atomic E-state index is 12.4. The van der Waals surface area contributed by atoms with Crippen molar-refractivity contribution in [1.82, 2.24) is 4.98 Å². The van der Waals surface area contributed by atoms with E-state index < -0.39 is 6.36 Å². The Morgan fingerprint density at radius 2 is 2.00 bits per heavy atom. The summed E-state index contributed by atoms with van der Waals surface area (Å²) in [6.45, 7) is 1.77. The van der Waals surface area contributed by atoms with Crippen LogP contribution in [0.3, 0.4) is 0 Å². The van der Waals surface area contributed by atoms with E-state index in [0.29, 0.717) is 16.0 Å². The van der Waals surface area contributed by atoms with E-state index in [-0.39, 0.29) is 11.4 Å². The number of anilines is 3. The number of aromatic nitrogens is 1. The minimum Gasteiger partial charge on any atom is -0.404 e. The summed E-state index contributed by atoms with van der Waals surface area (Å²) in [5.41, 5.74) is 7.06. The molecule has 0 saturated heterocycles. The number of ether oxygens (including phenoxy) is 1. The quantitative estimate of drug-likeness (QED) is 0.851. The molecule has 0 fully saturated rings. The van der Waals surface area contributed by atoms with E-state index in [1.165, 1.54) is 18.3 Å². The van der Waals surface area contributed by atoms with Crippen LogP contribution in [0.4, 0.5) is 30.4 Å². The predicted octanol–water partition coefficient (Wildman–Crippen LogP) is 4.38. The maximum absolute atomic E-state index is 12.4. The zero-order chi connectivity index (χ0) is 15.6. The van der Waals surface area contributed by atoms with Crippen molar-refractivity contribution in [2.24, 2.45) is 0 Å². The van der Waals surface area contributed by atoms with Crippen molar-refractivity contribution in [2.75, 3.05) is 11.1 Å².